The van der Waals surface area contributed by atoms with Gasteiger partial charge in [0.25, 0.3) is 0 Å². The monoisotopic (exact) mass is 360 g/mol. The van der Waals surface area contributed by atoms with Crippen LogP contribution in [0.3, 0.4) is 0 Å². The summed E-state index contributed by atoms with van der Waals surface area (Å²) in [5.74, 6) is -0.805. The fraction of sp³-hybridized carbons (Fsp3) is 0.143. The van der Waals surface area contributed by atoms with Crippen LogP contribution in [0.1, 0.15) is 28.7 Å². The van der Waals surface area contributed by atoms with Crippen LogP contribution in [0.5, 0.6) is 0 Å². The maximum absolute atomic E-state index is 12.0. The summed E-state index contributed by atoms with van der Waals surface area (Å²) in [5.41, 5.74) is 17.2. The third-order valence-corrected chi connectivity index (χ3v) is 4.66. The Kier molecular flexibility index (Phi) is 4.61. The summed E-state index contributed by atoms with van der Waals surface area (Å²) in [7, 11) is 0. The van der Waals surface area contributed by atoms with Crippen LogP contribution in [0.4, 0.5) is 0 Å². The largest absolute Gasteiger partial charge is 0.298 e. The molecule has 2 aliphatic rings. The predicted octanol–water partition coefficient (Wildman–Crippen LogP) is 1.81. The molecular formula is C21H20N4O2. The topological polar surface area (TPSA) is 82.3 Å². The lowest BCUT2D eigenvalue weighted by Crippen LogP contribution is -2.42. The summed E-state index contributed by atoms with van der Waals surface area (Å²) in [6, 6.07) is 16.0. The molecule has 0 atom stereocenters. The molecular weight excluding hydrogens is 340 g/mol. The van der Waals surface area contributed by atoms with Gasteiger partial charge in [0.15, 0.2) is 0 Å². The van der Waals surface area contributed by atoms with Gasteiger partial charge in [0, 0.05) is 11.1 Å². The standard InChI is InChI=1S/C21H20N4O2/c26-20(24-22-18-11-9-14-5-1-3-7-16(14)18)13-21(27)25-23-19-12-10-15-6-2-4-8-17(15)19/h1-8,11-12,22-23H,9-10,13H2,(H,24,26)(H,25,27). The molecule has 6 nitrogen and oxygen atoms in total. The molecule has 2 aliphatic carbocycles. The Balaban J connectivity index is 1.23. The van der Waals surface area contributed by atoms with Crippen molar-refractivity contribution in [1.29, 1.82) is 0 Å². The molecule has 2 aromatic carbocycles. The van der Waals surface area contributed by atoms with Crippen LogP contribution < -0.4 is 21.7 Å². The number of fused-ring (bicyclic) bond motifs is 2. The molecule has 2 aromatic rings. The van der Waals surface area contributed by atoms with Crippen molar-refractivity contribution in [2.45, 2.75) is 19.3 Å². The quantitative estimate of drug-likeness (QED) is 0.468. The van der Waals surface area contributed by atoms with Gasteiger partial charge < -0.3 is 0 Å². The number of hydrazine groups is 2. The summed E-state index contributed by atoms with van der Waals surface area (Å²) in [6.45, 7) is 0. The van der Waals surface area contributed by atoms with E-state index in [0.29, 0.717) is 0 Å². The first-order chi connectivity index (χ1) is 13.2. The smallest absolute Gasteiger partial charge is 0.247 e. The second-order valence-electron chi connectivity index (χ2n) is 6.48. The molecule has 0 aromatic heterocycles. The number of carbonyl (C=O) groups excluding carboxylic acids is 2. The summed E-state index contributed by atoms with van der Waals surface area (Å²) in [6.07, 6.45) is 5.40. The van der Waals surface area contributed by atoms with Gasteiger partial charge in [-0.25, -0.2) is 0 Å². The molecule has 0 unspecified atom stereocenters. The van der Waals surface area contributed by atoms with Crippen LogP contribution in [0.15, 0.2) is 60.7 Å². The van der Waals surface area contributed by atoms with Crippen molar-refractivity contribution in [2.75, 3.05) is 0 Å². The van der Waals surface area contributed by atoms with E-state index in [0.717, 1.165) is 35.4 Å². The fourth-order valence-corrected chi connectivity index (χ4v) is 3.31. The number of nitrogens with one attached hydrogen (secondary N) is 4. The molecule has 2 amide bonds. The average Bonchev–Trinajstić information content (AvgIpc) is 3.29. The van der Waals surface area contributed by atoms with Gasteiger partial charge in [-0.2, -0.15) is 0 Å². The minimum Gasteiger partial charge on any atom is -0.298 e. The molecule has 0 heterocycles. The van der Waals surface area contributed by atoms with Crippen molar-refractivity contribution in [2.24, 2.45) is 0 Å². The highest BCUT2D eigenvalue weighted by atomic mass is 16.2. The first-order valence-electron chi connectivity index (χ1n) is 8.87. The van der Waals surface area contributed by atoms with E-state index in [1.165, 1.54) is 11.1 Å². The van der Waals surface area contributed by atoms with Crippen molar-refractivity contribution in [3.05, 3.63) is 82.9 Å². The minimum atomic E-state index is -0.402. The number of amides is 2. The van der Waals surface area contributed by atoms with E-state index in [1.807, 2.05) is 48.6 Å². The van der Waals surface area contributed by atoms with E-state index in [-0.39, 0.29) is 6.42 Å². The van der Waals surface area contributed by atoms with E-state index in [1.54, 1.807) is 0 Å². The fourth-order valence-electron chi connectivity index (χ4n) is 3.31. The van der Waals surface area contributed by atoms with Gasteiger partial charge >= 0.3 is 0 Å². The van der Waals surface area contributed by atoms with Crippen LogP contribution in [0, 0.1) is 0 Å². The molecule has 0 spiro atoms. The SMILES string of the molecule is O=C(CC(=O)NNC1=CCc2ccccc21)NNC1=CCc2ccccc21. The van der Waals surface area contributed by atoms with Crippen LogP contribution in [0.25, 0.3) is 11.4 Å². The van der Waals surface area contributed by atoms with Crippen molar-refractivity contribution in [3.8, 4) is 0 Å². The maximum Gasteiger partial charge on any atom is 0.247 e. The Hall–Kier alpha value is -3.54. The summed E-state index contributed by atoms with van der Waals surface area (Å²) in [4.78, 5) is 24.0. The van der Waals surface area contributed by atoms with E-state index in [9.17, 15) is 9.59 Å². The molecule has 0 saturated carbocycles. The lowest BCUT2D eigenvalue weighted by Gasteiger charge is -2.12. The molecule has 27 heavy (non-hydrogen) atoms. The molecule has 4 N–H and O–H groups in total. The summed E-state index contributed by atoms with van der Waals surface area (Å²) in [5, 5.41) is 0. The second kappa shape index (κ2) is 7.37. The van der Waals surface area contributed by atoms with Gasteiger partial charge in [-0.15, -0.1) is 0 Å². The number of hydrogen-bond acceptors (Lipinski definition) is 4. The van der Waals surface area contributed by atoms with Crippen LogP contribution in [-0.2, 0) is 22.4 Å². The first kappa shape index (κ1) is 16.9. The molecule has 0 saturated heterocycles. The number of carbonyl (C=O) groups is 2. The van der Waals surface area contributed by atoms with Crippen molar-refractivity contribution < 1.29 is 9.59 Å². The van der Waals surface area contributed by atoms with Crippen LogP contribution in [0.2, 0.25) is 0 Å². The van der Waals surface area contributed by atoms with E-state index >= 15 is 0 Å². The van der Waals surface area contributed by atoms with E-state index in [2.05, 4.69) is 33.8 Å². The van der Waals surface area contributed by atoms with Crippen LogP contribution >= 0.6 is 0 Å². The number of allylic oxidation sites excluding steroid dienone is 2. The minimum absolute atomic E-state index is 0.274. The van der Waals surface area contributed by atoms with Gasteiger partial charge in [0.1, 0.15) is 6.42 Å². The molecule has 0 fully saturated rings. The molecule has 136 valence electrons. The Morgan fingerprint density at radius 1 is 0.704 bits per heavy atom. The Morgan fingerprint density at radius 3 is 1.63 bits per heavy atom. The third kappa shape index (κ3) is 3.69. The Morgan fingerprint density at radius 2 is 1.15 bits per heavy atom. The molecule has 0 radical (unpaired) electrons. The van der Waals surface area contributed by atoms with Gasteiger partial charge in [-0.1, -0.05) is 60.7 Å². The van der Waals surface area contributed by atoms with Gasteiger partial charge in [-0.3, -0.25) is 31.3 Å². The molecule has 0 bridgehead atoms. The van der Waals surface area contributed by atoms with E-state index in [4.69, 9.17) is 0 Å². The molecule has 0 aliphatic heterocycles. The Bertz CT molecular complexity index is 885. The zero-order valence-electron chi connectivity index (χ0n) is 14.7. The Labute approximate surface area is 157 Å². The van der Waals surface area contributed by atoms with E-state index < -0.39 is 11.8 Å². The van der Waals surface area contributed by atoms with Crippen molar-refractivity contribution >= 4 is 23.2 Å². The maximum atomic E-state index is 12.0. The van der Waals surface area contributed by atoms with Gasteiger partial charge in [0.2, 0.25) is 11.8 Å². The number of benzene rings is 2. The first-order valence-corrected chi connectivity index (χ1v) is 8.87. The highest BCUT2D eigenvalue weighted by Crippen LogP contribution is 2.25. The predicted molar refractivity (Wildman–Crippen MR) is 103 cm³/mol. The number of hydrogen-bond donors (Lipinski definition) is 4. The summed E-state index contributed by atoms with van der Waals surface area (Å²) < 4.78 is 0. The number of rotatable bonds is 6. The lowest BCUT2D eigenvalue weighted by atomic mass is 10.1. The van der Waals surface area contributed by atoms with Gasteiger partial charge in [0.05, 0.1) is 11.4 Å². The van der Waals surface area contributed by atoms with Crippen molar-refractivity contribution in [1.82, 2.24) is 21.7 Å². The normalized spacial score (nSPS) is 13.8. The molecule has 4 rings (SSSR count). The average molecular weight is 360 g/mol. The third-order valence-electron chi connectivity index (χ3n) is 4.66. The van der Waals surface area contributed by atoms with Crippen LogP contribution in [-0.4, -0.2) is 11.8 Å². The highest BCUT2D eigenvalue weighted by molar-refractivity contribution is 5.97. The molecule has 6 heteroatoms. The zero-order valence-corrected chi connectivity index (χ0v) is 14.7. The lowest BCUT2D eigenvalue weighted by molar-refractivity contribution is -0.129. The summed E-state index contributed by atoms with van der Waals surface area (Å²) >= 11 is 0. The van der Waals surface area contributed by atoms with Crippen molar-refractivity contribution in [3.63, 3.8) is 0 Å². The highest BCUT2D eigenvalue weighted by Gasteiger charge is 2.16. The zero-order chi connectivity index (χ0) is 18.6. The van der Waals surface area contributed by atoms with Gasteiger partial charge in [-0.05, 0) is 24.0 Å². The second-order valence-corrected chi connectivity index (χ2v) is 6.48.